The van der Waals surface area contributed by atoms with Crippen LogP contribution in [-0.4, -0.2) is 38.5 Å². The number of hydrogen-bond donors (Lipinski definition) is 1. The van der Waals surface area contributed by atoms with Gasteiger partial charge in [0.15, 0.2) is 0 Å². The van der Waals surface area contributed by atoms with Gasteiger partial charge in [0.25, 0.3) is 0 Å². The molecule has 5 heteroatoms. The van der Waals surface area contributed by atoms with Gasteiger partial charge in [0.05, 0.1) is 0 Å². The normalized spacial score (nSPS) is 14.2. The average Bonchev–Trinajstić information content (AvgIpc) is 2.14. The minimum absolute atomic E-state index is 0.797. The maximum atomic E-state index is 3.99. The number of halogens is 2. The van der Waals surface area contributed by atoms with Crippen molar-refractivity contribution >= 4 is 51.1 Å². The fraction of sp³-hybridized carbons (Fsp3) is 1.00. The third-order valence-electron chi connectivity index (χ3n) is 2.21. The quantitative estimate of drug-likeness (QED) is 0.402. The molecular weight excluding hydrogens is 445 g/mol. The standard InChI is InChI=1S/C6H14N.C4H9S.2BrH.Sn/c1-4-7-5-6(2)3;1-3-5-4-2;;;/h6-7H,2,4-5H2,1,3H3;1,3-4H2,2H3;2*1H;/q;;;;+2/p-2. The molecule has 0 saturated carbocycles. The van der Waals surface area contributed by atoms with E-state index in [4.69, 9.17) is 0 Å². The Labute approximate surface area is 115 Å². The Kier molecular flexibility index (Phi) is 11.4. The molecule has 0 aromatic carbocycles. The van der Waals surface area contributed by atoms with E-state index in [9.17, 15) is 0 Å². The van der Waals surface area contributed by atoms with Crippen LogP contribution in [0.4, 0.5) is 0 Å². The van der Waals surface area contributed by atoms with E-state index in [1.165, 1.54) is 20.4 Å². The Balaban J connectivity index is 3.69. The first-order valence-electron chi connectivity index (χ1n) is 5.68. The Bertz CT molecular complexity index is 158. The predicted molar refractivity (Wildman–Crippen MR) is 83.9 cm³/mol. The van der Waals surface area contributed by atoms with E-state index in [0.717, 1.165) is 19.0 Å². The second kappa shape index (κ2) is 10.0. The molecule has 0 aliphatic carbocycles. The van der Waals surface area contributed by atoms with Crippen molar-refractivity contribution in [1.82, 2.24) is 5.32 Å². The first-order valence-corrected chi connectivity index (χ1v) is 23.7. The van der Waals surface area contributed by atoms with Gasteiger partial charge in [0.2, 0.25) is 0 Å². The van der Waals surface area contributed by atoms with Gasteiger partial charge in [-0.2, -0.15) is 0 Å². The molecule has 0 aromatic rings. The van der Waals surface area contributed by atoms with E-state index in [1.54, 1.807) is 0 Å². The van der Waals surface area contributed by atoms with Crippen molar-refractivity contribution in [3.8, 4) is 0 Å². The molecule has 0 saturated heterocycles. The van der Waals surface area contributed by atoms with Gasteiger partial charge < -0.3 is 0 Å². The van der Waals surface area contributed by atoms with Crippen molar-refractivity contribution in [2.24, 2.45) is 5.92 Å². The Hall–Kier alpha value is 2.07. The van der Waals surface area contributed by atoms with Gasteiger partial charge in [0.1, 0.15) is 0 Å². The van der Waals surface area contributed by atoms with Crippen LogP contribution in [-0.2, 0) is 0 Å². The summed E-state index contributed by atoms with van der Waals surface area (Å²) in [6, 6.07) is 0. The molecule has 0 aliphatic rings. The van der Waals surface area contributed by atoms with Crippen LogP contribution >= 0.6 is 37.2 Å². The molecule has 0 radical (unpaired) electrons. The van der Waals surface area contributed by atoms with Crippen molar-refractivity contribution in [1.29, 1.82) is 0 Å². The molecule has 0 aromatic heterocycles. The molecule has 0 bridgehead atoms. The number of nitrogens with one attached hydrogen (secondary N) is 1. The fourth-order valence-corrected chi connectivity index (χ4v) is 23.8. The molecule has 1 unspecified atom stereocenters. The van der Waals surface area contributed by atoms with Crippen molar-refractivity contribution in [3.63, 3.8) is 0 Å². The number of hydrogen-bond acceptors (Lipinski definition) is 2. The van der Waals surface area contributed by atoms with Crippen LogP contribution in [0.2, 0.25) is 8.87 Å². The van der Waals surface area contributed by atoms with Crippen LogP contribution in [0.5, 0.6) is 0 Å². The van der Waals surface area contributed by atoms with Gasteiger partial charge in [-0.3, -0.25) is 0 Å². The van der Waals surface area contributed by atoms with Crippen LogP contribution in [0.15, 0.2) is 0 Å². The molecule has 1 nitrogen and oxygen atoms in total. The summed E-state index contributed by atoms with van der Waals surface area (Å²) in [5, 5.41) is 3.42. The Morgan fingerprint density at radius 1 is 1.33 bits per heavy atom. The summed E-state index contributed by atoms with van der Waals surface area (Å²) in [5.41, 5.74) is 0. The van der Waals surface area contributed by atoms with Crippen molar-refractivity contribution in [2.45, 2.75) is 29.6 Å². The van der Waals surface area contributed by atoms with Gasteiger partial charge in [-0.1, -0.05) is 0 Å². The molecule has 0 heterocycles. The third kappa shape index (κ3) is 10.9. The predicted octanol–water partition coefficient (Wildman–Crippen LogP) is 4.22. The summed E-state index contributed by atoms with van der Waals surface area (Å²) < 4.78 is 2.77. The Morgan fingerprint density at radius 2 is 2.00 bits per heavy atom. The second-order valence-electron chi connectivity index (χ2n) is 3.92. The van der Waals surface area contributed by atoms with E-state index in [1.807, 2.05) is 0 Å². The van der Waals surface area contributed by atoms with Gasteiger partial charge in [0, 0.05) is 0 Å². The van der Waals surface area contributed by atoms with Crippen molar-refractivity contribution in [3.05, 3.63) is 0 Å². The molecule has 0 fully saturated rings. The summed E-state index contributed by atoms with van der Waals surface area (Å²) in [7, 11) is 0. The molecule has 0 rings (SSSR count). The molecular formula is C10H23Br2NSSn. The molecule has 0 aliphatic heterocycles. The second-order valence-corrected chi connectivity index (χ2v) is 40.3. The number of rotatable bonds is 9. The molecule has 92 valence electrons. The van der Waals surface area contributed by atoms with E-state index >= 15 is 0 Å². The summed E-state index contributed by atoms with van der Waals surface area (Å²) in [5.74, 6) is 3.36. The third-order valence-corrected chi connectivity index (χ3v) is 20.3. The molecule has 0 spiro atoms. The molecule has 15 heavy (non-hydrogen) atoms. The van der Waals surface area contributed by atoms with E-state index in [0.29, 0.717) is 0 Å². The molecule has 1 N–H and O–H groups in total. The van der Waals surface area contributed by atoms with E-state index < -0.39 is 13.9 Å². The van der Waals surface area contributed by atoms with Gasteiger partial charge in [-0.05, 0) is 0 Å². The zero-order valence-electron chi connectivity index (χ0n) is 9.98. The summed E-state index contributed by atoms with van der Waals surface area (Å²) in [6.07, 6.45) is 0. The van der Waals surface area contributed by atoms with Crippen LogP contribution < -0.4 is 5.32 Å². The zero-order valence-corrected chi connectivity index (χ0v) is 16.8. The van der Waals surface area contributed by atoms with Crippen molar-refractivity contribution < 1.29 is 0 Å². The summed E-state index contributed by atoms with van der Waals surface area (Å²) in [6.45, 7) is 9.00. The van der Waals surface area contributed by atoms with E-state index in [-0.39, 0.29) is 0 Å². The van der Waals surface area contributed by atoms with Gasteiger partial charge >= 0.3 is 117 Å². The number of thioether (sulfide) groups is 1. The first kappa shape index (κ1) is 17.1. The Morgan fingerprint density at radius 3 is 2.53 bits per heavy atom. The summed E-state index contributed by atoms with van der Waals surface area (Å²) in [4.78, 5) is 0. The zero-order chi connectivity index (χ0) is 11.7. The average molecular weight is 468 g/mol. The van der Waals surface area contributed by atoms with Crippen LogP contribution in [0.3, 0.4) is 0 Å². The van der Waals surface area contributed by atoms with Crippen molar-refractivity contribution in [2.75, 3.05) is 24.6 Å². The van der Waals surface area contributed by atoms with Crippen LogP contribution in [0, 0.1) is 5.92 Å². The topological polar surface area (TPSA) is 12.0 Å². The molecule has 1 atom stereocenters. The first-order chi connectivity index (χ1) is 7.02. The van der Waals surface area contributed by atoms with Gasteiger partial charge in [-0.15, -0.1) is 0 Å². The SMILES string of the molecule is CCNCC(C)[CH2][Sn]([Br])([Br])[CH2]CSCC. The van der Waals surface area contributed by atoms with Crippen LogP contribution in [0.25, 0.3) is 0 Å². The maximum absolute atomic E-state index is 3.99. The molecule has 0 amide bonds. The van der Waals surface area contributed by atoms with E-state index in [2.05, 4.69) is 63.3 Å². The fourth-order valence-electron chi connectivity index (χ4n) is 1.44. The summed E-state index contributed by atoms with van der Waals surface area (Å²) >= 11 is 8.02. The van der Waals surface area contributed by atoms with Gasteiger partial charge in [-0.25, -0.2) is 0 Å². The monoisotopic (exact) mass is 467 g/mol. The van der Waals surface area contributed by atoms with Crippen LogP contribution in [0.1, 0.15) is 20.8 Å². The minimum atomic E-state index is -2.02.